The zero-order valence-electron chi connectivity index (χ0n) is 11.6. The number of nitrogens with zero attached hydrogens (tertiary/aromatic N) is 2. The molecule has 0 spiro atoms. The van der Waals surface area contributed by atoms with Gasteiger partial charge in [-0.15, -0.1) is 0 Å². The molecule has 0 aliphatic carbocycles. The maximum atomic E-state index is 11.8. The topological polar surface area (TPSA) is 90.7 Å². The highest BCUT2D eigenvalue weighted by molar-refractivity contribution is 6.13. The van der Waals surface area contributed by atoms with E-state index < -0.39 is 12.1 Å². The number of carboxylic acid groups (broad SMARTS) is 1. The summed E-state index contributed by atoms with van der Waals surface area (Å²) in [6.45, 7) is -0.171. The summed E-state index contributed by atoms with van der Waals surface area (Å²) < 4.78 is 10.7. The Balaban J connectivity index is 2.22. The lowest BCUT2D eigenvalue weighted by molar-refractivity contribution is -0.0129. The van der Waals surface area contributed by atoms with Crippen LogP contribution in [-0.2, 0) is 9.47 Å². The molecule has 0 aliphatic heterocycles. The Hall–Kier alpha value is -2.93. The molecule has 1 aromatic carbocycles. The molecule has 22 heavy (non-hydrogen) atoms. The number of benzene rings is 1. The number of fused-ring (bicyclic) bond motifs is 3. The Morgan fingerprint density at radius 1 is 1.23 bits per heavy atom. The van der Waals surface area contributed by atoms with Crippen molar-refractivity contribution in [3.63, 3.8) is 0 Å². The average molecular weight is 300 g/mol. The summed E-state index contributed by atoms with van der Waals surface area (Å²) >= 11 is 0. The van der Waals surface area contributed by atoms with Crippen LogP contribution in [0.5, 0.6) is 0 Å². The highest BCUT2D eigenvalue weighted by atomic mass is 16.7. The van der Waals surface area contributed by atoms with Crippen LogP contribution in [0.2, 0.25) is 0 Å². The molecule has 0 bridgehead atoms. The lowest BCUT2D eigenvalue weighted by Gasteiger charge is -2.03. The van der Waals surface area contributed by atoms with Crippen LogP contribution in [0, 0.1) is 0 Å². The normalized spacial score (nSPS) is 11.0. The maximum absolute atomic E-state index is 11.8. The fourth-order valence-corrected chi connectivity index (χ4v) is 2.37. The summed E-state index contributed by atoms with van der Waals surface area (Å²) in [5.41, 5.74) is 1.05. The van der Waals surface area contributed by atoms with Crippen LogP contribution in [0.15, 0.2) is 36.5 Å². The number of rotatable bonds is 3. The van der Waals surface area contributed by atoms with Gasteiger partial charge in [-0.05, 0) is 12.1 Å². The van der Waals surface area contributed by atoms with Crippen molar-refractivity contribution in [1.29, 1.82) is 0 Å². The van der Waals surface area contributed by atoms with Crippen LogP contribution >= 0.6 is 0 Å². The van der Waals surface area contributed by atoms with Gasteiger partial charge in [-0.2, -0.15) is 0 Å². The first-order valence-electron chi connectivity index (χ1n) is 6.42. The van der Waals surface area contributed by atoms with Gasteiger partial charge in [-0.1, -0.05) is 18.2 Å². The van der Waals surface area contributed by atoms with Crippen molar-refractivity contribution >= 4 is 33.9 Å². The first-order valence-corrected chi connectivity index (χ1v) is 6.42. The third-order valence-corrected chi connectivity index (χ3v) is 3.27. The number of pyridine rings is 1. The first kappa shape index (κ1) is 14.0. The van der Waals surface area contributed by atoms with Crippen molar-refractivity contribution in [3.05, 3.63) is 42.2 Å². The fourth-order valence-electron chi connectivity index (χ4n) is 2.37. The molecule has 0 radical (unpaired) electrons. The van der Waals surface area contributed by atoms with Gasteiger partial charge in [0, 0.05) is 17.9 Å². The van der Waals surface area contributed by atoms with Gasteiger partial charge in [0.15, 0.2) is 6.79 Å². The molecule has 0 amide bonds. The second-order valence-electron chi connectivity index (χ2n) is 4.56. The lowest BCUT2D eigenvalue weighted by atomic mass is 10.1. The number of hydrogen-bond donors (Lipinski definition) is 1. The smallest absolute Gasteiger partial charge is 0.416 e. The summed E-state index contributed by atoms with van der Waals surface area (Å²) in [6, 6.07) is 8.57. The number of hydrogen-bond acceptors (Lipinski definition) is 5. The highest BCUT2D eigenvalue weighted by Crippen LogP contribution is 2.28. The van der Waals surface area contributed by atoms with E-state index >= 15 is 0 Å². The third-order valence-electron chi connectivity index (χ3n) is 3.27. The molecule has 7 heteroatoms. The monoisotopic (exact) mass is 300 g/mol. The van der Waals surface area contributed by atoms with E-state index in [1.165, 1.54) is 19.4 Å². The standard InChI is InChI=1S/C15H12N2O5/c1-21-8-22-14(18)11-6-10-9-4-2-3-5-12(9)17(15(19)20)13(10)7-16-11/h2-7H,8H2,1H3,(H,19,20). The van der Waals surface area contributed by atoms with Crippen LogP contribution in [0.25, 0.3) is 21.8 Å². The van der Waals surface area contributed by atoms with Crippen molar-refractivity contribution in [2.75, 3.05) is 13.9 Å². The highest BCUT2D eigenvalue weighted by Gasteiger charge is 2.18. The number of ether oxygens (including phenoxy) is 2. The van der Waals surface area contributed by atoms with E-state index in [-0.39, 0.29) is 12.5 Å². The van der Waals surface area contributed by atoms with Crippen molar-refractivity contribution in [1.82, 2.24) is 9.55 Å². The van der Waals surface area contributed by atoms with Crippen molar-refractivity contribution in [2.45, 2.75) is 0 Å². The molecule has 0 unspecified atom stereocenters. The minimum absolute atomic E-state index is 0.0952. The number of carbonyl (C=O) groups excluding carboxylic acids is 1. The van der Waals surface area contributed by atoms with E-state index in [1.54, 1.807) is 24.3 Å². The zero-order chi connectivity index (χ0) is 15.7. The number of aromatic nitrogens is 2. The predicted molar refractivity (Wildman–Crippen MR) is 78.0 cm³/mol. The second-order valence-corrected chi connectivity index (χ2v) is 4.56. The van der Waals surface area contributed by atoms with Gasteiger partial charge in [0.2, 0.25) is 0 Å². The molecular formula is C15H12N2O5. The van der Waals surface area contributed by atoms with E-state index in [0.717, 1.165) is 9.95 Å². The minimum Gasteiger partial charge on any atom is -0.464 e. The Labute approximate surface area is 124 Å². The predicted octanol–water partition coefficient (Wildman–Crippen LogP) is 2.48. The van der Waals surface area contributed by atoms with Gasteiger partial charge in [0.05, 0.1) is 17.2 Å². The van der Waals surface area contributed by atoms with Crippen LogP contribution in [-0.4, -0.2) is 40.6 Å². The second kappa shape index (κ2) is 5.45. The Morgan fingerprint density at radius 3 is 2.73 bits per heavy atom. The van der Waals surface area contributed by atoms with E-state index in [2.05, 4.69) is 9.72 Å². The van der Waals surface area contributed by atoms with Gasteiger partial charge < -0.3 is 14.6 Å². The van der Waals surface area contributed by atoms with Gasteiger partial charge in [-0.3, -0.25) is 0 Å². The van der Waals surface area contributed by atoms with Crippen LogP contribution < -0.4 is 0 Å². The van der Waals surface area contributed by atoms with Crippen LogP contribution in [0.1, 0.15) is 10.5 Å². The fraction of sp³-hybridized carbons (Fsp3) is 0.133. The minimum atomic E-state index is -1.11. The van der Waals surface area contributed by atoms with Gasteiger partial charge in [0.25, 0.3) is 0 Å². The van der Waals surface area contributed by atoms with E-state index in [4.69, 9.17) is 4.74 Å². The van der Waals surface area contributed by atoms with E-state index in [9.17, 15) is 14.7 Å². The largest absolute Gasteiger partial charge is 0.464 e. The number of para-hydroxylation sites is 1. The lowest BCUT2D eigenvalue weighted by Crippen LogP contribution is -2.10. The molecule has 3 rings (SSSR count). The molecule has 0 fully saturated rings. The molecule has 7 nitrogen and oxygen atoms in total. The van der Waals surface area contributed by atoms with Gasteiger partial charge in [0.1, 0.15) is 5.69 Å². The van der Waals surface area contributed by atoms with Crippen molar-refractivity contribution in [2.24, 2.45) is 0 Å². The molecule has 1 N–H and O–H groups in total. The molecule has 2 aromatic heterocycles. The maximum Gasteiger partial charge on any atom is 0.416 e. The molecule has 112 valence electrons. The Morgan fingerprint density at radius 2 is 2.00 bits per heavy atom. The zero-order valence-corrected chi connectivity index (χ0v) is 11.6. The molecule has 0 saturated carbocycles. The molecule has 0 aliphatic rings. The quantitative estimate of drug-likeness (QED) is 0.590. The molecular weight excluding hydrogens is 288 g/mol. The van der Waals surface area contributed by atoms with Gasteiger partial charge >= 0.3 is 12.1 Å². The molecule has 2 heterocycles. The summed E-state index contributed by atoms with van der Waals surface area (Å²) in [7, 11) is 1.41. The van der Waals surface area contributed by atoms with Crippen molar-refractivity contribution in [3.8, 4) is 0 Å². The van der Waals surface area contributed by atoms with Crippen molar-refractivity contribution < 1.29 is 24.2 Å². The third kappa shape index (κ3) is 2.17. The van der Waals surface area contributed by atoms with Crippen LogP contribution in [0.4, 0.5) is 4.79 Å². The number of methoxy groups -OCH3 is 1. The summed E-state index contributed by atoms with van der Waals surface area (Å²) in [6.07, 6.45) is 0.245. The molecule has 0 atom stereocenters. The van der Waals surface area contributed by atoms with Crippen LogP contribution in [0.3, 0.4) is 0 Å². The van der Waals surface area contributed by atoms with E-state index in [1.807, 2.05) is 0 Å². The van der Waals surface area contributed by atoms with E-state index in [0.29, 0.717) is 16.4 Å². The Bertz CT molecular complexity index is 884. The Kier molecular flexibility index (Phi) is 3.48. The number of carbonyl (C=O) groups is 2. The average Bonchev–Trinajstić information content (AvgIpc) is 2.86. The number of esters is 1. The first-order chi connectivity index (χ1) is 10.6. The summed E-state index contributed by atoms with van der Waals surface area (Å²) in [5.74, 6) is -0.629. The summed E-state index contributed by atoms with van der Waals surface area (Å²) in [4.78, 5) is 27.3. The molecule has 0 saturated heterocycles. The summed E-state index contributed by atoms with van der Waals surface area (Å²) in [5, 5.41) is 10.7. The SMILES string of the molecule is COCOC(=O)c1cc2c3ccccc3n(C(=O)O)c2cn1. The van der Waals surface area contributed by atoms with Gasteiger partial charge in [-0.25, -0.2) is 19.1 Å². The molecule has 3 aromatic rings.